The van der Waals surface area contributed by atoms with E-state index < -0.39 is 0 Å². The topological polar surface area (TPSA) is 42.0 Å². The number of nitrogens with zero attached hydrogens (tertiary/aromatic N) is 2. The normalized spacial score (nSPS) is 22.2. The number of rotatable bonds is 5. The Bertz CT molecular complexity index is 1050. The van der Waals surface area contributed by atoms with Crippen molar-refractivity contribution < 1.29 is 14.4 Å². The molecule has 5 nitrogen and oxygen atoms in total. The van der Waals surface area contributed by atoms with E-state index in [-0.39, 0.29) is 18.1 Å². The maximum Gasteiger partial charge on any atom is 0.251 e. The smallest absolute Gasteiger partial charge is 0.251 e. The average Bonchev–Trinajstić information content (AvgIpc) is 2.80. The van der Waals surface area contributed by atoms with Crippen LogP contribution >= 0.6 is 0 Å². The van der Waals surface area contributed by atoms with Gasteiger partial charge in [0.2, 0.25) is 0 Å². The van der Waals surface area contributed by atoms with Gasteiger partial charge >= 0.3 is 0 Å². The molecule has 3 aromatic rings. The van der Waals surface area contributed by atoms with Crippen molar-refractivity contribution in [3.05, 3.63) is 108 Å². The van der Waals surface area contributed by atoms with Gasteiger partial charge in [0, 0.05) is 6.54 Å². The lowest BCUT2D eigenvalue weighted by molar-refractivity contribution is -0.254. The second-order valence-corrected chi connectivity index (χ2v) is 7.77. The van der Waals surface area contributed by atoms with Crippen LogP contribution in [0.15, 0.2) is 97.1 Å². The van der Waals surface area contributed by atoms with Gasteiger partial charge in [-0.05, 0) is 35.4 Å². The fraction of sp³-hybridized carbons (Fsp3) is 0.192. The summed E-state index contributed by atoms with van der Waals surface area (Å²) in [5.41, 5.74) is 2.13. The summed E-state index contributed by atoms with van der Waals surface area (Å²) in [6, 6.07) is 27.7. The minimum atomic E-state index is -0.205. The molecule has 5 heteroatoms. The Morgan fingerprint density at radius 1 is 0.903 bits per heavy atom. The van der Waals surface area contributed by atoms with Gasteiger partial charge in [-0.15, -0.1) is 0 Å². The summed E-state index contributed by atoms with van der Waals surface area (Å²) >= 11 is 0. The molecule has 0 radical (unpaired) electrons. The Hall–Kier alpha value is -3.41. The van der Waals surface area contributed by atoms with Gasteiger partial charge < -0.3 is 4.74 Å². The highest BCUT2D eigenvalue weighted by atomic mass is 16.7. The van der Waals surface area contributed by atoms with Crippen molar-refractivity contribution >= 4 is 5.91 Å². The largest absolute Gasteiger partial charge is 0.457 e. The number of amides is 1. The van der Waals surface area contributed by atoms with Gasteiger partial charge in [0.1, 0.15) is 24.3 Å². The van der Waals surface area contributed by atoms with Crippen molar-refractivity contribution in [2.45, 2.75) is 18.6 Å². The van der Waals surface area contributed by atoms with E-state index in [0.29, 0.717) is 13.1 Å². The van der Waals surface area contributed by atoms with E-state index in [1.54, 1.807) is 0 Å². The molecule has 0 aliphatic carbocycles. The average molecular weight is 412 g/mol. The molecule has 3 aromatic carbocycles. The highest BCUT2D eigenvalue weighted by Crippen LogP contribution is 2.35. The molecule has 2 bridgehead atoms. The van der Waals surface area contributed by atoms with Crippen LogP contribution in [0.1, 0.15) is 17.2 Å². The lowest BCUT2D eigenvalue weighted by Crippen LogP contribution is -2.55. The molecule has 0 saturated carbocycles. The zero-order valence-electron chi connectivity index (χ0n) is 17.1. The van der Waals surface area contributed by atoms with Gasteiger partial charge in [0.05, 0.1) is 12.5 Å². The van der Waals surface area contributed by atoms with Gasteiger partial charge in [-0.3, -0.25) is 14.5 Å². The van der Waals surface area contributed by atoms with Gasteiger partial charge in [-0.25, -0.2) is 5.06 Å². The van der Waals surface area contributed by atoms with Crippen LogP contribution in [0.2, 0.25) is 0 Å². The monoisotopic (exact) mass is 412 g/mol. The number of carbonyl (C=O) groups is 1. The number of benzene rings is 3. The number of para-hydroxylation sites is 1. The fourth-order valence-electron chi connectivity index (χ4n) is 4.10. The maximum atomic E-state index is 12.8. The number of carbonyl (C=O) groups excluding carboxylic acids is 1. The second kappa shape index (κ2) is 8.76. The van der Waals surface area contributed by atoms with E-state index in [2.05, 4.69) is 29.2 Å². The first-order valence-electron chi connectivity index (χ1n) is 10.5. The first-order valence-corrected chi connectivity index (χ1v) is 10.5. The minimum Gasteiger partial charge on any atom is -0.457 e. The van der Waals surface area contributed by atoms with Gasteiger partial charge in [-0.2, -0.15) is 0 Å². The summed E-state index contributed by atoms with van der Waals surface area (Å²) in [5, 5.41) is 1.50. The van der Waals surface area contributed by atoms with E-state index in [1.165, 1.54) is 5.06 Å². The number of hydrogen-bond acceptors (Lipinski definition) is 4. The fourth-order valence-corrected chi connectivity index (χ4v) is 4.10. The second-order valence-electron chi connectivity index (χ2n) is 7.77. The van der Waals surface area contributed by atoms with E-state index >= 15 is 0 Å². The standard InChI is InChI=1S/C26H24N2O3/c29-25(18-20-8-3-1-4-9-20)28-19-27-17-7-12-24(31-28)26(27)21-13-15-23(16-14-21)30-22-10-5-2-6-11-22/h1-16,24,26H,17-19H2/t24-,26+/m0/s1. The molecule has 5 rings (SSSR count). The van der Waals surface area contributed by atoms with Crippen molar-refractivity contribution in [3.63, 3.8) is 0 Å². The van der Waals surface area contributed by atoms with Crippen LogP contribution in [-0.4, -0.2) is 35.2 Å². The summed E-state index contributed by atoms with van der Waals surface area (Å²) < 4.78 is 5.91. The molecule has 156 valence electrons. The molecule has 2 heterocycles. The highest BCUT2D eigenvalue weighted by Gasteiger charge is 2.39. The molecule has 1 fully saturated rings. The van der Waals surface area contributed by atoms with Gasteiger partial charge in [0.15, 0.2) is 0 Å². The Morgan fingerprint density at radius 3 is 2.29 bits per heavy atom. The molecule has 31 heavy (non-hydrogen) atoms. The van der Waals surface area contributed by atoms with Gasteiger partial charge in [0.25, 0.3) is 5.91 Å². The van der Waals surface area contributed by atoms with Crippen molar-refractivity contribution in [1.29, 1.82) is 0 Å². The Balaban J connectivity index is 1.28. The van der Waals surface area contributed by atoms with Gasteiger partial charge in [-0.1, -0.05) is 72.8 Å². The zero-order valence-corrected chi connectivity index (χ0v) is 17.1. The van der Waals surface area contributed by atoms with E-state index in [4.69, 9.17) is 9.57 Å². The van der Waals surface area contributed by atoms with Crippen LogP contribution in [0.5, 0.6) is 11.5 Å². The zero-order chi connectivity index (χ0) is 21.0. The SMILES string of the molecule is O=C(Cc1ccccc1)N1CN2CC=C[C@H](O1)[C@H]2c1ccc(Oc2ccccc2)cc1. The molecule has 3 atom stereocenters. The predicted octanol–water partition coefficient (Wildman–Crippen LogP) is 4.73. The lowest BCUT2D eigenvalue weighted by Gasteiger charge is -2.46. The van der Waals surface area contributed by atoms with Crippen LogP contribution < -0.4 is 4.74 Å². The van der Waals surface area contributed by atoms with E-state index in [9.17, 15) is 4.79 Å². The van der Waals surface area contributed by atoms with Crippen molar-refractivity contribution in [2.24, 2.45) is 0 Å². The minimum absolute atomic E-state index is 0.0263. The molecule has 1 unspecified atom stereocenters. The number of hydrogen-bond donors (Lipinski definition) is 0. The Morgan fingerprint density at radius 2 is 1.58 bits per heavy atom. The predicted molar refractivity (Wildman–Crippen MR) is 118 cm³/mol. The molecule has 2 aliphatic rings. The first-order chi connectivity index (χ1) is 15.3. The molecular weight excluding hydrogens is 388 g/mol. The quantitative estimate of drug-likeness (QED) is 0.568. The Kier molecular flexibility index (Phi) is 5.52. The molecule has 1 saturated heterocycles. The van der Waals surface area contributed by atoms with Crippen LogP contribution in [-0.2, 0) is 16.1 Å². The number of fused-ring (bicyclic) bond motifs is 2. The Labute approximate surface area is 182 Å². The third-order valence-electron chi connectivity index (χ3n) is 5.61. The molecule has 2 aliphatic heterocycles. The maximum absolute atomic E-state index is 12.8. The highest BCUT2D eigenvalue weighted by molar-refractivity contribution is 5.77. The van der Waals surface area contributed by atoms with Crippen LogP contribution in [0.4, 0.5) is 0 Å². The van der Waals surface area contributed by atoms with Crippen LogP contribution in [0.3, 0.4) is 0 Å². The first kappa shape index (κ1) is 19.5. The molecule has 0 spiro atoms. The summed E-state index contributed by atoms with van der Waals surface area (Å²) in [6.07, 6.45) is 4.29. The number of hydroxylamine groups is 2. The van der Waals surface area contributed by atoms with Crippen molar-refractivity contribution in [1.82, 2.24) is 9.96 Å². The lowest BCUT2D eigenvalue weighted by atomic mass is 9.96. The third kappa shape index (κ3) is 4.38. The molecule has 0 N–H and O–H groups in total. The molecule has 1 amide bonds. The van der Waals surface area contributed by atoms with E-state index in [0.717, 1.165) is 29.2 Å². The van der Waals surface area contributed by atoms with Crippen molar-refractivity contribution in [2.75, 3.05) is 13.2 Å². The van der Waals surface area contributed by atoms with Crippen LogP contribution in [0.25, 0.3) is 0 Å². The summed E-state index contributed by atoms with van der Waals surface area (Å²) in [5.74, 6) is 1.58. The van der Waals surface area contributed by atoms with Crippen molar-refractivity contribution in [3.8, 4) is 11.5 Å². The summed E-state index contributed by atoms with van der Waals surface area (Å²) in [6.45, 7) is 1.22. The van der Waals surface area contributed by atoms with E-state index in [1.807, 2.05) is 72.8 Å². The molecule has 0 aromatic heterocycles. The molecular formula is C26H24N2O3. The number of ether oxygens (including phenoxy) is 1. The summed E-state index contributed by atoms with van der Waals surface area (Å²) in [4.78, 5) is 21.2. The third-order valence-corrected chi connectivity index (χ3v) is 5.61. The van der Waals surface area contributed by atoms with Crippen LogP contribution in [0, 0.1) is 0 Å². The summed E-state index contributed by atoms with van der Waals surface area (Å²) in [7, 11) is 0.